The van der Waals surface area contributed by atoms with Crippen LogP contribution in [0.2, 0.25) is 0 Å². The lowest BCUT2D eigenvalue weighted by Gasteiger charge is -2.31. The van der Waals surface area contributed by atoms with Crippen LogP contribution >= 0.6 is 11.6 Å². The second-order valence-electron chi connectivity index (χ2n) is 7.54. The summed E-state index contributed by atoms with van der Waals surface area (Å²) in [7, 11) is 0. The first-order valence-electron chi connectivity index (χ1n) is 10.2. The molecule has 1 aliphatic heterocycles. The first kappa shape index (κ1) is 20.9. The first-order chi connectivity index (χ1) is 15.0. The number of piperidine rings is 1. The van der Waals surface area contributed by atoms with Gasteiger partial charge in [0.05, 0.1) is 0 Å². The summed E-state index contributed by atoms with van der Waals surface area (Å²) in [4.78, 5) is 14.4. The fourth-order valence-electron chi connectivity index (χ4n) is 3.60. The molecule has 0 bridgehead atoms. The number of hydrogen-bond acceptors (Lipinski definition) is 6. The summed E-state index contributed by atoms with van der Waals surface area (Å²) in [5.74, 6) is 0.397. The van der Waals surface area contributed by atoms with E-state index in [9.17, 15) is 9.90 Å². The quantitative estimate of drug-likeness (QED) is 0.357. The van der Waals surface area contributed by atoms with E-state index in [2.05, 4.69) is 25.7 Å². The number of halogens is 1. The molecule has 0 aliphatic carbocycles. The molecule has 0 radical (unpaired) electrons. The van der Waals surface area contributed by atoms with Crippen LogP contribution in [0, 0.1) is 0 Å². The highest BCUT2D eigenvalue weighted by molar-refractivity contribution is 6.20. The molecule has 0 unspecified atom stereocenters. The van der Waals surface area contributed by atoms with Crippen LogP contribution in [0.1, 0.15) is 28.8 Å². The number of phenolic OH excluding ortho intramolecular Hbond substituents is 1. The summed E-state index contributed by atoms with van der Waals surface area (Å²) in [5.41, 5.74) is 8.74. The second kappa shape index (κ2) is 9.18. The molecule has 1 aliphatic rings. The van der Waals surface area contributed by atoms with E-state index in [1.165, 1.54) is 0 Å². The normalized spacial score (nSPS) is 14.4. The molecular weight excluding hydrogens is 416 g/mol. The third-order valence-corrected chi connectivity index (χ3v) is 5.77. The van der Waals surface area contributed by atoms with E-state index in [4.69, 9.17) is 17.3 Å². The number of H-pyrrole nitrogens is 1. The molecule has 3 aromatic rings. The Labute approximate surface area is 185 Å². The Morgan fingerprint density at radius 3 is 2.48 bits per heavy atom. The van der Waals surface area contributed by atoms with Crippen LogP contribution in [0.5, 0.6) is 5.75 Å². The lowest BCUT2D eigenvalue weighted by Crippen LogP contribution is -2.33. The highest BCUT2D eigenvalue weighted by Gasteiger charge is 2.20. The maximum absolute atomic E-state index is 12.1. The predicted molar refractivity (Wildman–Crippen MR) is 123 cm³/mol. The van der Waals surface area contributed by atoms with Gasteiger partial charge in [-0.05, 0) is 54.8 Å². The van der Waals surface area contributed by atoms with Crippen LogP contribution in [-0.2, 0) is 6.54 Å². The summed E-state index contributed by atoms with van der Waals surface area (Å²) in [6.07, 6.45) is 1.97. The number of aromatic hydroxyl groups is 1. The van der Waals surface area contributed by atoms with Gasteiger partial charge in [-0.1, -0.05) is 12.1 Å². The summed E-state index contributed by atoms with van der Waals surface area (Å²) in [6, 6.07) is 14.8. The number of amides is 1. The molecule has 6 N–H and O–H groups in total. The average molecular weight is 441 g/mol. The number of alkyl halides is 1. The van der Waals surface area contributed by atoms with Crippen LogP contribution in [-0.4, -0.2) is 39.7 Å². The Balaban J connectivity index is 1.44. The zero-order chi connectivity index (χ0) is 21.8. The van der Waals surface area contributed by atoms with Crippen molar-refractivity contribution in [2.75, 3.05) is 28.6 Å². The molecule has 8 nitrogen and oxygen atoms in total. The van der Waals surface area contributed by atoms with Gasteiger partial charge in [-0.3, -0.25) is 9.89 Å². The summed E-state index contributed by atoms with van der Waals surface area (Å²) >= 11 is 6.19. The number of phenols is 1. The van der Waals surface area contributed by atoms with Gasteiger partial charge in [-0.2, -0.15) is 5.10 Å². The largest absolute Gasteiger partial charge is 0.508 e. The molecular formula is C22H25ClN6O2. The molecule has 31 heavy (non-hydrogen) atoms. The van der Waals surface area contributed by atoms with Gasteiger partial charge in [-0.25, -0.2) is 0 Å². The van der Waals surface area contributed by atoms with Crippen molar-refractivity contribution < 1.29 is 9.90 Å². The molecule has 1 fully saturated rings. The molecule has 1 amide bonds. The number of carbonyl (C=O) groups is 1. The van der Waals surface area contributed by atoms with Gasteiger partial charge in [0.25, 0.3) is 5.91 Å². The molecule has 2 heterocycles. The molecule has 0 spiro atoms. The number of hydrogen-bond donors (Lipinski definition) is 5. The third-order valence-electron chi connectivity index (χ3n) is 5.34. The van der Waals surface area contributed by atoms with Crippen molar-refractivity contribution in [3.63, 3.8) is 0 Å². The lowest BCUT2D eigenvalue weighted by molar-refractivity contribution is 0.100. The summed E-state index contributed by atoms with van der Waals surface area (Å²) in [6.45, 7) is 2.33. The van der Waals surface area contributed by atoms with Crippen LogP contribution in [0.25, 0.3) is 0 Å². The number of rotatable bonds is 7. The minimum atomic E-state index is -0.593. The minimum absolute atomic E-state index is 0.198. The number of nitrogens with one attached hydrogen (secondary N) is 3. The number of anilines is 4. The Hall–Kier alpha value is -3.39. The van der Waals surface area contributed by atoms with E-state index in [0.29, 0.717) is 18.2 Å². The average Bonchev–Trinajstić information content (AvgIpc) is 3.17. The standard InChI is InChI=1S/C22H25ClN6O2/c23-15-9-11-29(12-10-15)17-5-3-16(4-6-17)26-22-19(20(24)31)21(27-28-22)25-13-14-1-7-18(30)8-2-14/h1-8,15,30H,9-13H2,(H2,24,31)(H3,25,26,27,28). The minimum Gasteiger partial charge on any atom is -0.508 e. The summed E-state index contributed by atoms with van der Waals surface area (Å²) in [5, 5.41) is 23.0. The molecule has 2 aromatic carbocycles. The van der Waals surface area contributed by atoms with Crippen molar-refractivity contribution >= 4 is 40.5 Å². The molecule has 9 heteroatoms. The van der Waals surface area contributed by atoms with Crippen LogP contribution in [0.15, 0.2) is 48.5 Å². The monoisotopic (exact) mass is 440 g/mol. The molecule has 0 atom stereocenters. The van der Waals surface area contributed by atoms with Gasteiger partial charge < -0.3 is 26.4 Å². The number of aromatic nitrogens is 2. The van der Waals surface area contributed by atoms with Crippen molar-refractivity contribution in [3.05, 3.63) is 59.7 Å². The van der Waals surface area contributed by atoms with Gasteiger partial charge in [-0.15, -0.1) is 11.6 Å². The Morgan fingerprint density at radius 2 is 1.84 bits per heavy atom. The van der Waals surface area contributed by atoms with Gasteiger partial charge in [0.2, 0.25) is 0 Å². The number of nitrogens with two attached hydrogens (primary N) is 1. The van der Waals surface area contributed by atoms with Crippen molar-refractivity contribution in [3.8, 4) is 5.75 Å². The number of aromatic amines is 1. The predicted octanol–water partition coefficient (Wildman–Crippen LogP) is 3.78. The molecule has 1 saturated heterocycles. The van der Waals surface area contributed by atoms with E-state index in [-0.39, 0.29) is 16.7 Å². The smallest absolute Gasteiger partial charge is 0.256 e. The highest BCUT2D eigenvalue weighted by atomic mass is 35.5. The van der Waals surface area contributed by atoms with Crippen molar-refractivity contribution in [1.82, 2.24) is 10.2 Å². The fourth-order valence-corrected chi connectivity index (χ4v) is 3.80. The molecule has 4 rings (SSSR count). The molecule has 0 saturated carbocycles. The second-order valence-corrected chi connectivity index (χ2v) is 8.16. The van der Waals surface area contributed by atoms with Gasteiger partial charge in [0.15, 0.2) is 5.82 Å². The zero-order valence-corrected chi connectivity index (χ0v) is 17.7. The van der Waals surface area contributed by atoms with Crippen LogP contribution in [0.3, 0.4) is 0 Å². The number of carbonyl (C=O) groups excluding carboxylic acids is 1. The fraction of sp³-hybridized carbons (Fsp3) is 0.273. The Bertz CT molecular complexity index is 1030. The number of benzene rings is 2. The van der Waals surface area contributed by atoms with Gasteiger partial charge in [0.1, 0.15) is 17.1 Å². The van der Waals surface area contributed by atoms with Crippen molar-refractivity contribution in [1.29, 1.82) is 0 Å². The van der Waals surface area contributed by atoms with Crippen LogP contribution in [0.4, 0.5) is 23.0 Å². The van der Waals surface area contributed by atoms with Gasteiger partial charge >= 0.3 is 0 Å². The lowest BCUT2D eigenvalue weighted by atomic mass is 10.1. The Kier molecular flexibility index (Phi) is 6.18. The first-order valence-corrected chi connectivity index (χ1v) is 10.6. The van der Waals surface area contributed by atoms with Crippen molar-refractivity contribution in [2.45, 2.75) is 24.8 Å². The van der Waals surface area contributed by atoms with E-state index < -0.39 is 5.91 Å². The Morgan fingerprint density at radius 1 is 1.16 bits per heavy atom. The van der Waals surface area contributed by atoms with E-state index in [1.807, 2.05) is 24.3 Å². The maximum atomic E-state index is 12.1. The summed E-state index contributed by atoms with van der Waals surface area (Å²) < 4.78 is 0. The number of primary amides is 1. The number of nitrogens with zero attached hydrogens (tertiary/aromatic N) is 2. The van der Waals surface area contributed by atoms with Gasteiger partial charge in [0, 0.05) is 36.4 Å². The van der Waals surface area contributed by atoms with Crippen LogP contribution < -0.4 is 21.3 Å². The molecule has 162 valence electrons. The van der Waals surface area contributed by atoms with Crippen molar-refractivity contribution in [2.24, 2.45) is 5.73 Å². The zero-order valence-electron chi connectivity index (χ0n) is 16.9. The van der Waals surface area contributed by atoms with E-state index in [1.54, 1.807) is 24.3 Å². The maximum Gasteiger partial charge on any atom is 0.256 e. The van der Waals surface area contributed by atoms with E-state index in [0.717, 1.165) is 42.9 Å². The van der Waals surface area contributed by atoms with E-state index >= 15 is 0 Å². The molecule has 1 aromatic heterocycles. The third kappa shape index (κ3) is 5.03. The topological polar surface area (TPSA) is 119 Å². The highest BCUT2D eigenvalue weighted by Crippen LogP contribution is 2.28. The SMILES string of the molecule is NC(=O)c1c(Nc2ccc(N3CCC(Cl)CC3)cc2)n[nH]c1NCc1ccc(O)cc1.